The van der Waals surface area contributed by atoms with Gasteiger partial charge in [0.05, 0.1) is 13.3 Å². The molecule has 3 rings (SSSR count). The van der Waals surface area contributed by atoms with Gasteiger partial charge in [0.1, 0.15) is 24.6 Å². The van der Waals surface area contributed by atoms with Gasteiger partial charge in [-0.1, -0.05) is 12.1 Å². The zero-order valence-electron chi connectivity index (χ0n) is 12.8. The first-order valence-corrected chi connectivity index (χ1v) is 7.17. The number of hydrazone groups is 1. The van der Waals surface area contributed by atoms with E-state index in [0.717, 1.165) is 5.56 Å². The molecule has 10 heteroatoms. The first kappa shape index (κ1) is 15.6. The Morgan fingerprint density at radius 3 is 3.00 bits per heavy atom. The first-order valence-electron chi connectivity index (χ1n) is 7.17. The van der Waals surface area contributed by atoms with Crippen molar-refractivity contribution in [3.05, 3.63) is 29.8 Å². The summed E-state index contributed by atoms with van der Waals surface area (Å²) in [7, 11) is 1.56. The third-order valence-electron chi connectivity index (χ3n) is 3.57. The molecule has 0 spiro atoms. The Morgan fingerprint density at radius 1 is 1.38 bits per heavy atom. The van der Waals surface area contributed by atoms with E-state index in [2.05, 4.69) is 26.5 Å². The topological polar surface area (TPSA) is 124 Å². The molecular formula is C14H16N6O4. The lowest BCUT2D eigenvalue weighted by atomic mass is 10.2. The highest BCUT2D eigenvalue weighted by Crippen LogP contribution is 2.13. The smallest absolute Gasteiger partial charge is 0.321 e. The van der Waals surface area contributed by atoms with Crippen molar-refractivity contribution >= 4 is 24.2 Å². The molecule has 24 heavy (non-hydrogen) atoms. The van der Waals surface area contributed by atoms with Crippen molar-refractivity contribution in [1.82, 2.24) is 26.3 Å². The van der Waals surface area contributed by atoms with Crippen LogP contribution in [0.15, 0.2) is 29.4 Å². The summed E-state index contributed by atoms with van der Waals surface area (Å²) in [4.78, 5) is 36.2. The van der Waals surface area contributed by atoms with Crippen molar-refractivity contribution in [3.63, 3.8) is 0 Å². The van der Waals surface area contributed by atoms with Crippen LogP contribution in [-0.2, 0) is 4.79 Å². The van der Waals surface area contributed by atoms with Gasteiger partial charge in [-0.25, -0.2) is 15.0 Å². The highest BCUT2D eigenvalue weighted by atomic mass is 16.5. The highest BCUT2D eigenvalue weighted by molar-refractivity contribution is 5.89. The molecule has 4 N–H and O–H groups in total. The minimum atomic E-state index is -0.599. The third-order valence-corrected chi connectivity index (χ3v) is 3.57. The lowest BCUT2D eigenvalue weighted by Gasteiger charge is -2.19. The number of hydrogen-bond acceptors (Lipinski definition) is 5. The quantitative estimate of drug-likeness (QED) is 0.413. The molecule has 0 saturated carbocycles. The minimum Gasteiger partial charge on any atom is -0.497 e. The van der Waals surface area contributed by atoms with Crippen molar-refractivity contribution in [1.29, 1.82) is 0 Å². The van der Waals surface area contributed by atoms with Gasteiger partial charge in [-0.15, -0.1) is 0 Å². The Kier molecular flexibility index (Phi) is 4.18. The second kappa shape index (κ2) is 6.44. The number of rotatable bonds is 5. The van der Waals surface area contributed by atoms with Gasteiger partial charge in [0.25, 0.3) is 5.91 Å². The van der Waals surface area contributed by atoms with Gasteiger partial charge >= 0.3 is 12.1 Å². The molecule has 2 aliphatic heterocycles. The van der Waals surface area contributed by atoms with Gasteiger partial charge in [0.2, 0.25) is 0 Å². The van der Waals surface area contributed by atoms with Crippen molar-refractivity contribution in [2.75, 3.05) is 13.7 Å². The molecular weight excluding hydrogens is 316 g/mol. The second-order valence-electron chi connectivity index (χ2n) is 5.19. The van der Waals surface area contributed by atoms with Crippen LogP contribution in [0.2, 0.25) is 0 Å². The van der Waals surface area contributed by atoms with Crippen molar-refractivity contribution in [3.8, 4) is 5.75 Å². The molecule has 0 bridgehead atoms. The number of nitrogens with zero attached hydrogens (tertiary/aromatic N) is 2. The van der Waals surface area contributed by atoms with Crippen LogP contribution in [0.4, 0.5) is 9.59 Å². The summed E-state index contributed by atoms with van der Waals surface area (Å²) in [5.74, 6) is 0.195. The van der Waals surface area contributed by atoms with E-state index in [1.165, 1.54) is 11.1 Å². The van der Waals surface area contributed by atoms with Crippen LogP contribution in [0.3, 0.4) is 0 Å². The predicted octanol–water partition coefficient (Wildman–Crippen LogP) is -0.864. The van der Waals surface area contributed by atoms with E-state index in [1.807, 2.05) is 0 Å². The molecule has 2 aliphatic rings. The fourth-order valence-electron chi connectivity index (χ4n) is 2.46. The second-order valence-corrected chi connectivity index (χ2v) is 5.19. The molecule has 0 aliphatic carbocycles. The Morgan fingerprint density at radius 2 is 2.21 bits per heavy atom. The molecule has 1 aromatic rings. The molecule has 126 valence electrons. The van der Waals surface area contributed by atoms with Crippen molar-refractivity contribution in [2.45, 2.75) is 12.3 Å². The highest BCUT2D eigenvalue weighted by Gasteiger charge is 2.45. The fourth-order valence-corrected chi connectivity index (χ4v) is 2.46. The molecule has 10 nitrogen and oxygen atoms in total. The molecule has 5 amide bonds. The maximum absolute atomic E-state index is 11.9. The summed E-state index contributed by atoms with van der Waals surface area (Å²) in [6, 6.07) is 6.31. The van der Waals surface area contributed by atoms with Crippen LogP contribution < -0.4 is 26.1 Å². The number of nitrogens with one attached hydrogen (secondary N) is 4. The third kappa shape index (κ3) is 3.21. The minimum absolute atomic E-state index is 0.232. The maximum Gasteiger partial charge on any atom is 0.321 e. The predicted molar refractivity (Wildman–Crippen MR) is 83.2 cm³/mol. The average molecular weight is 332 g/mol. The number of urea groups is 2. The fraction of sp³-hybridized carbons (Fsp3) is 0.286. The first-order chi connectivity index (χ1) is 11.6. The van der Waals surface area contributed by atoms with Crippen LogP contribution in [0.25, 0.3) is 0 Å². The van der Waals surface area contributed by atoms with Gasteiger partial charge in [-0.3, -0.25) is 9.69 Å². The SMILES string of the molecule is COc1cccc(/C=N\NC(=O)CN2C(=O)N[C@@H]3NC(=O)N[C@H]32)c1. The van der Waals surface area contributed by atoms with Gasteiger partial charge in [-0.05, 0) is 17.7 Å². The van der Waals surface area contributed by atoms with Crippen molar-refractivity contribution < 1.29 is 19.1 Å². The Labute approximate surface area is 137 Å². The zero-order chi connectivity index (χ0) is 17.1. The summed E-state index contributed by atoms with van der Waals surface area (Å²) in [6.45, 7) is -0.232. The summed E-state index contributed by atoms with van der Waals surface area (Å²) in [5, 5.41) is 11.5. The lowest BCUT2D eigenvalue weighted by Crippen LogP contribution is -2.47. The van der Waals surface area contributed by atoms with Gasteiger partial charge in [0.15, 0.2) is 0 Å². The Balaban J connectivity index is 1.54. The summed E-state index contributed by atoms with van der Waals surface area (Å²) < 4.78 is 5.09. The zero-order valence-corrected chi connectivity index (χ0v) is 12.8. The van der Waals surface area contributed by atoms with Gasteiger partial charge < -0.3 is 20.7 Å². The standard InChI is InChI=1S/C14H16N6O4/c1-24-9-4-2-3-8(5-9)6-15-19-10(21)7-20-12-11(17-14(20)23)16-13(22)18-12/h2-6,11-12H,7H2,1H3,(H,17,23)(H,19,21)(H2,16,18,22)/b15-6-/t11-,12-/m0/s1. The number of fused-ring (bicyclic) bond motifs is 1. The van der Waals surface area contributed by atoms with Crippen molar-refractivity contribution in [2.24, 2.45) is 5.10 Å². The van der Waals surface area contributed by atoms with Gasteiger partial charge in [-0.2, -0.15) is 5.10 Å². The van der Waals surface area contributed by atoms with Crippen LogP contribution in [0, 0.1) is 0 Å². The van der Waals surface area contributed by atoms with Crippen LogP contribution in [0.5, 0.6) is 5.75 Å². The Bertz CT molecular complexity index is 706. The van der Waals surface area contributed by atoms with E-state index in [9.17, 15) is 14.4 Å². The largest absolute Gasteiger partial charge is 0.497 e. The van der Waals surface area contributed by atoms with E-state index in [-0.39, 0.29) is 6.54 Å². The lowest BCUT2D eigenvalue weighted by molar-refractivity contribution is -0.121. The number of ether oxygens (including phenoxy) is 1. The summed E-state index contributed by atoms with van der Waals surface area (Å²) in [6.07, 6.45) is 0.322. The van der Waals surface area contributed by atoms with Crippen LogP contribution >= 0.6 is 0 Å². The average Bonchev–Trinajstić information content (AvgIpc) is 3.04. The van der Waals surface area contributed by atoms with E-state index in [0.29, 0.717) is 5.75 Å². The van der Waals surface area contributed by atoms with E-state index in [1.54, 1.807) is 31.4 Å². The number of carbonyl (C=O) groups is 3. The van der Waals surface area contributed by atoms with E-state index < -0.39 is 30.3 Å². The van der Waals surface area contributed by atoms with Gasteiger partial charge in [0, 0.05) is 0 Å². The van der Waals surface area contributed by atoms with E-state index >= 15 is 0 Å². The summed E-state index contributed by atoms with van der Waals surface area (Å²) >= 11 is 0. The normalized spacial score (nSPS) is 22.0. The monoisotopic (exact) mass is 332 g/mol. The molecule has 0 radical (unpaired) electrons. The molecule has 2 atom stereocenters. The van der Waals surface area contributed by atoms with Crippen LogP contribution in [-0.4, -0.2) is 55.1 Å². The number of benzene rings is 1. The number of methoxy groups -OCH3 is 1. The van der Waals surface area contributed by atoms with Crippen LogP contribution in [0.1, 0.15) is 5.56 Å². The number of hydrogen-bond donors (Lipinski definition) is 4. The van der Waals surface area contributed by atoms with E-state index in [4.69, 9.17) is 4.74 Å². The maximum atomic E-state index is 11.9. The molecule has 0 unspecified atom stereocenters. The molecule has 2 saturated heterocycles. The molecule has 1 aromatic carbocycles. The molecule has 2 heterocycles. The number of carbonyl (C=O) groups excluding carboxylic acids is 3. The molecule has 2 fully saturated rings. The number of amides is 5. The summed E-state index contributed by atoms with van der Waals surface area (Å²) in [5.41, 5.74) is 3.09. The molecule has 0 aromatic heterocycles. The Hall–Kier alpha value is -3.30.